The smallest absolute Gasteiger partial charge is 0.251 e. The van der Waals surface area contributed by atoms with Crippen LogP contribution in [0.5, 0.6) is 0 Å². The Morgan fingerprint density at radius 1 is 1.09 bits per heavy atom. The van der Waals surface area contributed by atoms with Crippen LogP contribution in [0.3, 0.4) is 0 Å². The van der Waals surface area contributed by atoms with E-state index in [-0.39, 0.29) is 5.91 Å². The van der Waals surface area contributed by atoms with Crippen molar-refractivity contribution in [1.29, 1.82) is 0 Å². The van der Waals surface area contributed by atoms with Gasteiger partial charge in [0, 0.05) is 30.2 Å². The first-order valence-corrected chi connectivity index (χ1v) is 7.58. The van der Waals surface area contributed by atoms with Crippen molar-refractivity contribution in [1.82, 2.24) is 10.5 Å². The predicted molar refractivity (Wildman–Crippen MR) is 89.2 cm³/mol. The molecule has 0 bridgehead atoms. The molecule has 3 rings (SSSR count). The SMILES string of the molecule is Cc1cccc(C(=O)NCCc2cc(-c3ccccc3)on2)c1. The Hall–Kier alpha value is -2.88. The Bertz CT molecular complexity index is 794. The molecule has 0 aliphatic heterocycles. The second-order valence-electron chi connectivity index (χ2n) is 5.42. The summed E-state index contributed by atoms with van der Waals surface area (Å²) in [6.45, 7) is 2.49. The van der Waals surface area contributed by atoms with Gasteiger partial charge in [-0.3, -0.25) is 4.79 Å². The Morgan fingerprint density at radius 2 is 1.91 bits per heavy atom. The number of carbonyl (C=O) groups is 1. The number of nitrogens with zero attached hydrogens (tertiary/aromatic N) is 1. The van der Waals surface area contributed by atoms with Crippen molar-refractivity contribution in [3.8, 4) is 11.3 Å². The lowest BCUT2D eigenvalue weighted by molar-refractivity contribution is 0.0954. The number of rotatable bonds is 5. The van der Waals surface area contributed by atoms with E-state index in [0.29, 0.717) is 18.5 Å². The van der Waals surface area contributed by atoms with E-state index in [1.54, 1.807) is 0 Å². The van der Waals surface area contributed by atoms with Crippen LogP contribution < -0.4 is 5.32 Å². The van der Waals surface area contributed by atoms with Crippen LogP contribution >= 0.6 is 0 Å². The highest BCUT2D eigenvalue weighted by Gasteiger charge is 2.08. The molecule has 0 aliphatic carbocycles. The number of aryl methyl sites for hydroxylation is 1. The number of hydrogen-bond acceptors (Lipinski definition) is 3. The van der Waals surface area contributed by atoms with Crippen LogP contribution in [0.2, 0.25) is 0 Å². The molecule has 1 aromatic heterocycles. The van der Waals surface area contributed by atoms with E-state index in [2.05, 4.69) is 10.5 Å². The fourth-order valence-corrected chi connectivity index (χ4v) is 2.36. The summed E-state index contributed by atoms with van der Waals surface area (Å²) >= 11 is 0. The molecule has 0 unspecified atom stereocenters. The third-order valence-electron chi connectivity index (χ3n) is 3.56. The summed E-state index contributed by atoms with van der Waals surface area (Å²) < 4.78 is 5.35. The highest BCUT2D eigenvalue weighted by molar-refractivity contribution is 5.94. The quantitative estimate of drug-likeness (QED) is 0.783. The Kier molecular flexibility index (Phi) is 4.52. The Labute approximate surface area is 135 Å². The van der Waals surface area contributed by atoms with Gasteiger partial charge in [0.2, 0.25) is 0 Å². The summed E-state index contributed by atoms with van der Waals surface area (Å²) in [7, 11) is 0. The molecule has 0 saturated heterocycles. The zero-order valence-electron chi connectivity index (χ0n) is 13.0. The van der Waals surface area contributed by atoms with Gasteiger partial charge in [-0.25, -0.2) is 0 Å². The average Bonchev–Trinajstić information content (AvgIpc) is 3.04. The molecule has 4 heteroatoms. The van der Waals surface area contributed by atoms with Crippen molar-refractivity contribution in [2.45, 2.75) is 13.3 Å². The predicted octanol–water partition coefficient (Wildman–Crippen LogP) is 3.62. The first-order valence-electron chi connectivity index (χ1n) is 7.58. The van der Waals surface area contributed by atoms with Crippen molar-refractivity contribution < 1.29 is 9.32 Å². The van der Waals surface area contributed by atoms with Crippen LogP contribution in [0.1, 0.15) is 21.6 Å². The molecule has 0 aliphatic rings. The van der Waals surface area contributed by atoms with Crippen molar-refractivity contribution in [3.63, 3.8) is 0 Å². The van der Waals surface area contributed by atoms with E-state index in [0.717, 1.165) is 22.6 Å². The third-order valence-corrected chi connectivity index (χ3v) is 3.56. The maximum absolute atomic E-state index is 12.1. The maximum Gasteiger partial charge on any atom is 0.251 e. The van der Waals surface area contributed by atoms with Crippen molar-refractivity contribution >= 4 is 5.91 Å². The summed E-state index contributed by atoms with van der Waals surface area (Å²) in [6, 6.07) is 19.3. The van der Waals surface area contributed by atoms with Gasteiger partial charge in [-0.2, -0.15) is 0 Å². The van der Waals surface area contributed by atoms with Crippen LogP contribution in [0.4, 0.5) is 0 Å². The highest BCUT2D eigenvalue weighted by atomic mass is 16.5. The first-order chi connectivity index (χ1) is 11.2. The number of amides is 1. The molecular formula is C19H18N2O2. The first kappa shape index (κ1) is 15.0. The van der Waals surface area contributed by atoms with Gasteiger partial charge >= 0.3 is 0 Å². The monoisotopic (exact) mass is 306 g/mol. The lowest BCUT2D eigenvalue weighted by Gasteiger charge is -2.04. The van der Waals surface area contributed by atoms with E-state index >= 15 is 0 Å². The van der Waals surface area contributed by atoms with Crippen LogP contribution in [0.25, 0.3) is 11.3 Å². The Balaban J connectivity index is 1.55. The third kappa shape index (κ3) is 3.86. The van der Waals surface area contributed by atoms with E-state index in [1.165, 1.54) is 0 Å². The van der Waals surface area contributed by atoms with Gasteiger partial charge in [0.05, 0.1) is 5.69 Å². The molecule has 0 radical (unpaired) electrons. The molecule has 0 fully saturated rings. The highest BCUT2D eigenvalue weighted by Crippen LogP contribution is 2.19. The zero-order valence-corrected chi connectivity index (χ0v) is 13.0. The molecule has 3 aromatic rings. The molecule has 0 atom stereocenters. The minimum absolute atomic E-state index is 0.0690. The summed E-state index contributed by atoms with van der Waals surface area (Å²) in [6.07, 6.45) is 0.633. The summed E-state index contributed by atoms with van der Waals surface area (Å²) in [5.41, 5.74) is 3.57. The molecule has 23 heavy (non-hydrogen) atoms. The van der Waals surface area contributed by atoms with Gasteiger partial charge < -0.3 is 9.84 Å². The minimum Gasteiger partial charge on any atom is -0.356 e. The number of nitrogens with one attached hydrogen (secondary N) is 1. The standard InChI is InChI=1S/C19H18N2O2/c1-14-6-5-9-16(12-14)19(22)20-11-10-17-13-18(23-21-17)15-7-3-2-4-8-15/h2-9,12-13H,10-11H2,1H3,(H,20,22). The van der Waals surface area contributed by atoms with E-state index in [1.807, 2.05) is 67.6 Å². The van der Waals surface area contributed by atoms with E-state index < -0.39 is 0 Å². The van der Waals surface area contributed by atoms with Gasteiger partial charge in [0.15, 0.2) is 5.76 Å². The van der Waals surface area contributed by atoms with Crippen LogP contribution in [0.15, 0.2) is 65.2 Å². The number of aromatic nitrogens is 1. The average molecular weight is 306 g/mol. The minimum atomic E-state index is -0.0690. The molecule has 4 nitrogen and oxygen atoms in total. The van der Waals surface area contributed by atoms with Crippen LogP contribution in [-0.2, 0) is 6.42 Å². The number of benzene rings is 2. The maximum atomic E-state index is 12.1. The molecule has 1 amide bonds. The molecular weight excluding hydrogens is 288 g/mol. The zero-order chi connectivity index (χ0) is 16.1. The van der Waals surface area contributed by atoms with Crippen LogP contribution in [-0.4, -0.2) is 17.6 Å². The lowest BCUT2D eigenvalue weighted by atomic mass is 10.1. The molecule has 0 spiro atoms. The largest absolute Gasteiger partial charge is 0.356 e. The van der Waals surface area contributed by atoms with Crippen LogP contribution in [0, 0.1) is 6.92 Å². The summed E-state index contributed by atoms with van der Waals surface area (Å²) in [4.78, 5) is 12.1. The Morgan fingerprint density at radius 3 is 2.70 bits per heavy atom. The normalized spacial score (nSPS) is 10.5. The van der Waals surface area contributed by atoms with Gasteiger partial charge in [0.1, 0.15) is 0 Å². The second kappa shape index (κ2) is 6.92. The second-order valence-corrected chi connectivity index (χ2v) is 5.42. The molecule has 1 heterocycles. The van der Waals surface area contributed by atoms with E-state index in [9.17, 15) is 4.79 Å². The van der Waals surface area contributed by atoms with Gasteiger partial charge in [0.25, 0.3) is 5.91 Å². The summed E-state index contributed by atoms with van der Waals surface area (Å²) in [5.74, 6) is 0.672. The number of carbonyl (C=O) groups excluding carboxylic acids is 1. The van der Waals surface area contributed by atoms with Gasteiger partial charge in [-0.15, -0.1) is 0 Å². The van der Waals surface area contributed by atoms with Gasteiger partial charge in [-0.05, 0) is 19.1 Å². The fourth-order valence-electron chi connectivity index (χ4n) is 2.36. The number of hydrogen-bond donors (Lipinski definition) is 1. The van der Waals surface area contributed by atoms with E-state index in [4.69, 9.17) is 4.52 Å². The van der Waals surface area contributed by atoms with Gasteiger partial charge in [-0.1, -0.05) is 53.2 Å². The molecule has 1 N–H and O–H groups in total. The van der Waals surface area contributed by atoms with Crippen molar-refractivity contribution in [3.05, 3.63) is 77.5 Å². The summed E-state index contributed by atoms with van der Waals surface area (Å²) in [5, 5.41) is 6.95. The molecule has 0 saturated carbocycles. The topological polar surface area (TPSA) is 55.1 Å². The lowest BCUT2D eigenvalue weighted by Crippen LogP contribution is -2.25. The van der Waals surface area contributed by atoms with Crippen molar-refractivity contribution in [2.24, 2.45) is 0 Å². The van der Waals surface area contributed by atoms with Crippen molar-refractivity contribution in [2.75, 3.05) is 6.54 Å². The molecule has 116 valence electrons. The fraction of sp³-hybridized carbons (Fsp3) is 0.158. The molecule has 2 aromatic carbocycles.